The lowest BCUT2D eigenvalue weighted by molar-refractivity contribution is -0.145. The molecule has 0 saturated heterocycles. The molecule has 0 radical (unpaired) electrons. The van der Waals surface area contributed by atoms with Crippen molar-refractivity contribution < 1.29 is 77.3 Å². The van der Waals surface area contributed by atoms with Crippen LogP contribution >= 0.6 is 0 Å². The minimum absolute atomic E-state index is 0.00312. The summed E-state index contributed by atoms with van der Waals surface area (Å²) in [6.45, 7) is 0. The molecule has 22 nitrogen and oxygen atoms in total. The predicted octanol–water partition coefficient (Wildman–Crippen LogP) is 7.93. The first kappa shape index (κ1) is 59.4. The highest BCUT2D eigenvalue weighted by atomic mass is 19.2. The Morgan fingerprint density at radius 3 is 1.92 bits per heavy atom. The molecule has 6 amide bonds. The van der Waals surface area contributed by atoms with Crippen LogP contribution in [0.3, 0.4) is 0 Å². The first-order chi connectivity index (χ1) is 43.7. The number of carbonyl (C=O) groups is 7. The number of carboxylic acids is 1. The zero-order chi connectivity index (χ0) is 63.9. The van der Waals surface area contributed by atoms with Crippen molar-refractivity contribution in [2.45, 2.75) is 55.1 Å². The maximum absolute atomic E-state index is 15.8. The summed E-state index contributed by atoms with van der Waals surface area (Å²) in [5, 5.41) is 71.2. The van der Waals surface area contributed by atoms with E-state index in [2.05, 4.69) is 36.9 Å². The normalized spacial score (nSPS) is 19.5. The number of likely N-dealkylation sites (N-methyl/N-ethyl adjacent to an activating group) is 1. The Kier molecular flexibility index (Phi) is 15.9. The topological polar surface area (TPSA) is 330 Å². The third kappa shape index (κ3) is 12.1. The molecule has 0 aliphatic carbocycles. The quantitative estimate of drug-likeness (QED) is 0.0721. The van der Waals surface area contributed by atoms with Crippen molar-refractivity contribution >= 4 is 58.0 Å². The SMILES string of the molecule is CN1C(=O)[C@@H]2NC(=O)[C@@H]3NC(=O)[C@@H](c4ccc(O)cc4)NC(=O)[C@H](NC(=O)C(Nc4cccc(F)c4F)c4ccc(O)cc4)Cc4c[nH]c5cc(ccc45)-c4cc3cc(c4O)Oc3ccc(cc3)C[C@H]1C(=O)N[C@@H](C(=O)O)c1ccc(O)c(c1)Oc1ccc2cc1. The molecule has 6 aliphatic heterocycles. The number of H-pyrrole nitrogens is 1. The monoisotopic (exact) mass is 1230 g/mol. The summed E-state index contributed by atoms with van der Waals surface area (Å²) < 4.78 is 42.4. The molecular formula is C67H54F2N8O14. The number of ether oxygens (including phenoxy) is 2. The van der Waals surface area contributed by atoms with Gasteiger partial charge in [-0.1, -0.05) is 72.8 Å². The lowest BCUT2D eigenvalue weighted by Gasteiger charge is -2.33. The van der Waals surface area contributed by atoms with E-state index in [1.807, 2.05) is 0 Å². The number of aromatic nitrogens is 1. The lowest BCUT2D eigenvalue weighted by atomic mass is 9.94. The zero-order valence-corrected chi connectivity index (χ0v) is 47.7. The van der Waals surface area contributed by atoms with Gasteiger partial charge in [-0.25, -0.2) is 13.6 Å². The third-order valence-corrected chi connectivity index (χ3v) is 16.2. The van der Waals surface area contributed by atoms with Crippen LogP contribution in [0, 0.1) is 11.6 Å². The van der Waals surface area contributed by atoms with Gasteiger partial charge in [0.25, 0.3) is 0 Å². The second kappa shape index (κ2) is 24.3. The van der Waals surface area contributed by atoms with E-state index >= 15 is 23.6 Å². The van der Waals surface area contributed by atoms with E-state index < -0.39 is 107 Å². The molecule has 6 aliphatic rings. The molecule has 91 heavy (non-hydrogen) atoms. The van der Waals surface area contributed by atoms with Crippen LogP contribution < -0.4 is 41.4 Å². The van der Waals surface area contributed by atoms with Crippen LogP contribution in [-0.2, 0) is 46.4 Å². The van der Waals surface area contributed by atoms with E-state index in [1.54, 1.807) is 36.5 Å². The van der Waals surface area contributed by atoms with Crippen LogP contribution in [0.4, 0.5) is 14.5 Å². The summed E-state index contributed by atoms with van der Waals surface area (Å²) >= 11 is 0. The van der Waals surface area contributed by atoms with Crippen molar-refractivity contribution in [3.63, 3.8) is 0 Å². The fraction of sp³-hybridized carbons (Fsp3) is 0.149. The average Bonchev–Trinajstić information content (AvgIpc) is 1.83. The smallest absolute Gasteiger partial charge is 0.330 e. The molecule has 15 rings (SSSR count). The maximum atomic E-state index is 15.8. The first-order valence-corrected chi connectivity index (χ1v) is 28.4. The first-order valence-electron chi connectivity index (χ1n) is 28.4. The number of aromatic amines is 1. The Bertz CT molecular complexity index is 4400. The van der Waals surface area contributed by atoms with Gasteiger partial charge in [0.1, 0.15) is 59.2 Å². The van der Waals surface area contributed by atoms with Crippen molar-refractivity contribution in [3.05, 3.63) is 221 Å². The highest BCUT2D eigenvalue weighted by Crippen LogP contribution is 2.44. The van der Waals surface area contributed by atoms with Gasteiger partial charge in [-0.05, 0) is 136 Å². The molecule has 1 aromatic heterocycles. The minimum atomic E-state index is -1.92. The molecule has 8 aromatic carbocycles. The number of aliphatic carboxylic acids is 1. The molecule has 9 aromatic rings. The Balaban J connectivity index is 1.01. The van der Waals surface area contributed by atoms with E-state index in [9.17, 15) is 44.3 Å². The number of fused-ring (bicyclic) bond motifs is 14. The second-order valence-electron chi connectivity index (χ2n) is 22.0. The Morgan fingerprint density at radius 2 is 1.22 bits per heavy atom. The van der Waals surface area contributed by atoms with Gasteiger partial charge < -0.3 is 76.8 Å². The number of nitrogens with one attached hydrogen (secondary N) is 7. The van der Waals surface area contributed by atoms with E-state index in [1.165, 1.54) is 134 Å². The molecule has 0 fully saturated rings. The van der Waals surface area contributed by atoms with Crippen LogP contribution in [0.15, 0.2) is 170 Å². The van der Waals surface area contributed by atoms with Crippen molar-refractivity contribution in [2.24, 2.45) is 0 Å². The number of aromatic hydroxyl groups is 4. The molecule has 0 saturated carbocycles. The molecule has 15 bridgehead atoms. The van der Waals surface area contributed by atoms with Gasteiger partial charge in [0.15, 0.2) is 40.7 Å². The summed E-state index contributed by atoms with van der Waals surface area (Å²) in [5.74, 6) is -11.5. The summed E-state index contributed by atoms with van der Waals surface area (Å²) in [4.78, 5) is 109. The van der Waals surface area contributed by atoms with Crippen LogP contribution in [0.25, 0.3) is 22.0 Å². The molecular weight excluding hydrogens is 1180 g/mol. The van der Waals surface area contributed by atoms with Gasteiger partial charge in [0.05, 0.1) is 5.69 Å². The zero-order valence-electron chi connectivity index (χ0n) is 47.7. The summed E-state index contributed by atoms with van der Waals surface area (Å²) in [5.41, 5.74) is 1.56. The predicted molar refractivity (Wildman–Crippen MR) is 323 cm³/mol. The Hall–Kier alpha value is -12.0. The van der Waals surface area contributed by atoms with Crippen molar-refractivity contribution in [2.75, 3.05) is 12.4 Å². The van der Waals surface area contributed by atoms with Gasteiger partial charge in [-0.3, -0.25) is 28.8 Å². The summed E-state index contributed by atoms with van der Waals surface area (Å²) in [7, 11) is 1.29. The largest absolute Gasteiger partial charge is 0.508 e. The highest BCUT2D eigenvalue weighted by molar-refractivity contribution is 6.00. The van der Waals surface area contributed by atoms with Crippen molar-refractivity contribution in [3.8, 4) is 57.1 Å². The number of hydrogen-bond acceptors (Lipinski definition) is 14. The number of nitrogens with zero attached hydrogens (tertiary/aromatic N) is 1. The van der Waals surface area contributed by atoms with Gasteiger partial charge in [-0.2, -0.15) is 0 Å². The van der Waals surface area contributed by atoms with Gasteiger partial charge in [-0.15, -0.1) is 0 Å². The van der Waals surface area contributed by atoms with Crippen LogP contribution in [0.1, 0.15) is 69.2 Å². The fourth-order valence-electron chi connectivity index (χ4n) is 11.3. The van der Waals surface area contributed by atoms with Crippen molar-refractivity contribution in [1.82, 2.24) is 36.5 Å². The Labute approximate surface area is 515 Å². The number of carboxylic acid groups (broad SMARTS) is 1. The van der Waals surface area contributed by atoms with Crippen LogP contribution in [0.2, 0.25) is 0 Å². The number of anilines is 1. The van der Waals surface area contributed by atoms with E-state index in [4.69, 9.17) is 9.47 Å². The molecule has 0 spiro atoms. The molecule has 1 unspecified atom stereocenters. The fourth-order valence-corrected chi connectivity index (χ4v) is 11.3. The molecule has 7 heterocycles. The Morgan fingerprint density at radius 1 is 0.615 bits per heavy atom. The van der Waals surface area contributed by atoms with Gasteiger partial charge >= 0.3 is 5.97 Å². The molecule has 7 atom stereocenters. The summed E-state index contributed by atoms with van der Waals surface area (Å²) in [6, 6.07) is 25.1. The number of amides is 6. The average molecular weight is 1230 g/mol. The number of halogens is 2. The molecule has 12 N–H and O–H groups in total. The molecule has 24 heteroatoms. The number of rotatable bonds is 7. The van der Waals surface area contributed by atoms with Gasteiger partial charge in [0.2, 0.25) is 35.4 Å². The van der Waals surface area contributed by atoms with E-state index in [0.29, 0.717) is 27.6 Å². The number of phenolic OH excluding ortho intramolecular Hbond substituents is 4. The maximum Gasteiger partial charge on any atom is 0.330 e. The lowest BCUT2D eigenvalue weighted by Crippen LogP contribution is -2.55. The summed E-state index contributed by atoms with van der Waals surface area (Å²) in [6.07, 6.45) is 1.05. The standard InChI is InChI=1S/C67H54F2N8O14/c1-77-50-25-32-5-19-42(20-6-32)91-53-30-38-26-45(60(53)81)36-13-23-44-39(31-70-48(44)27-36)28-49(72-63(84)55(33-7-15-40(78)16-8-33)71-47-4-2-3-46(68)54(47)69)61(82)73-56(34-9-17-41(79)18-10-34)64(85)74-57(38)65(86)75-58(66(77)87)35-11-21-43(22-12-35)90-52-29-37(14-24-51(52)80)59(67(88)89)76-62(50)83/h2-24,26-27,29-31,49-50,55-59,70-71,78-81H,25,28H2,1H3,(H,72,84)(H,73,82)(H,74,85)(H,75,86)(H,76,83)(H,88,89)/t49-,50+,55?,56-,57-,58-,59-/m1/s1. The van der Waals surface area contributed by atoms with E-state index in [0.717, 1.165) is 11.0 Å². The number of carbonyl (C=O) groups excluding carboxylic acids is 6. The van der Waals surface area contributed by atoms with Crippen LogP contribution in [0.5, 0.6) is 46.0 Å². The second-order valence-corrected chi connectivity index (χ2v) is 22.0. The number of hydrogen-bond donors (Lipinski definition) is 12. The highest BCUT2D eigenvalue weighted by Gasteiger charge is 2.40. The van der Waals surface area contributed by atoms with Gasteiger partial charge in [0, 0.05) is 42.6 Å². The van der Waals surface area contributed by atoms with Crippen LogP contribution in [-0.4, -0.2) is 96.0 Å². The van der Waals surface area contributed by atoms with E-state index in [-0.39, 0.29) is 86.5 Å². The number of phenols is 4. The number of benzene rings is 8. The van der Waals surface area contributed by atoms with Crippen molar-refractivity contribution in [1.29, 1.82) is 0 Å². The third-order valence-electron chi connectivity index (χ3n) is 16.2. The minimum Gasteiger partial charge on any atom is -0.508 e. The molecule has 460 valence electrons.